The molecule has 1 amide bonds. The van der Waals surface area contributed by atoms with Crippen molar-refractivity contribution < 1.29 is 14.7 Å². The van der Waals surface area contributed by atoms with Gasteiger partial charge in [0.2, 0.25) is 5.91 Å². The van der Waals surface area contributed by atoms with Crippen LogP contribution >= 0.6 is 0 Å². The Balaban J connectivity index is 2.74. The summed E-state index contributed by atoms with van der Waals surface area (Å²) in [5.41, 5.74) is -0.980. The molecular weight excluding hydrogens is 158 g/mol. The first kappa shape index (κ1) is 9.03. The summed E-state index contributed by atoms with van der Waals surface area (Å²) in [6, 6.07) is 0. The highest BCUT2D eigenvalue weighted by Gasteiger charge is 2.51. The van der Waals surface area contributed by atoms with Crippen LogP contribution in [0.1, 0.15) is 26.7 Å². The summed E-state index contributed by atoms with van der Waals surface area (Å²) < 4.78 is 0. The van der Waals surface area contributed by atoms with Crippen LogP contribution in [0.25, 0.3) is 0 Å². The molecule has 1 fully saturated rings. The third kappa shape index (κ3) is 1.17. The van der Waals surface area contributed by atoms with E-state index in [1.165, 1.54) is 6.92 Å². The lowest BCUT2D eigenvalue weighted by molar-refractivity contribution is -0.155. The molecule has 1 aliphatic carbocycles. The molecule has 0 bridgehead atoms. The van der Waals surface area contributed by atoms with Crippen LogP contribution in [0.5, 0.6) is 0 Å². The minimum atomic E-state index is -0.980. The minimum Gasteiger partial charge on any atom is -0.479 e. The van der Waals surface area contributed by atoms with Crippen molar-refractivity contribution in [3.05, 3.63) is 0 Å². The van der Waals surface area contributed by atoms with Crippen LogP contribution in [-0.2, 0) is 9.59 Å². The summed E-state index contributed by atoms with van der Waals surface area (Å²) in [4.78, 5) is 21.6. The Morgan fingerprint density at radius 2 is 2.17 bits per heavy atom. The largest absolute Gasteiger partial charge is 0.479 e. The van der Waals surface area contributed by atoms with Gasteiger partial charge in [-0.2, -0.15) is 0 Å². The van der Waals surface area contributed by atoms with Gasteiger partial charge in [0.15, 0.2) is 0 Å². The van der Waals surface area contributed by atoms with Gasteiger partial charge in [-0.05, 0) is 18.8 Å². The average molecular weight is 171 g/mol. The quantitative estimate of drug-likeness (QED) is 0.631. The van der Waals surface area contributed by atoms with Gasteiger partial charge < -0.3 is 10.4 Å². The molecule has 0 radical (unpaired) electrons. The molecule has 0 saturated heterocycles. The summed E-state index contributed by atoms with van der Waals surface area (Å²) >= 11 is 0. The Hall–Kier alpha value is -1.06. The zero-order chi connectivity index (χ0) is 9.35. The van der Waals surface area contributed by atoms with Crippen LogP contribution in [0.2, 0.25) is 0 Å². The van der Waals surface area contributed by atoms with Crippen LogP contribution in [0.4, 0.5) is 0 Å². The number of carboxylic acid groups (broad SMARTS) is 1. The minimum absolute atomic E-state index is 0.0406. The Kier molecular flexibility index (Phi) is 2.08. The topological polar surface area (TPSA) is 66.4 Å². The highest BCUT2D eigenvalue weighted by atomic mass is 16.4. The molecule has 0 aromatic rings. The van der Waals surface area contributed by atoms with Crippen molar-refractivity contribution in [3.8, 4) is 0 Å². The van der Waals surface area contributed by atoms with Gasteiger partial charge >= 0.3 is 5.97 Å². The SMILES string of the molecule is CC(=O)N[C@]1(C(=O)O)CC[C@@H]1C. The molecule has 0 spiro atoms. The van der Waals surface area contributed by atoms with Gasteiger partial charge in [-0.25, -0.2) is 4.79 Å². The number of hydrogen-bond acceptors (Lipinski definition) is 2. The molecule has 4 heteroatoms. The Morgan fingerprint density at radius 1 is 1.58 bits per heavy atom. The first-order valence-electron chi connectivity index (χ1n) is 4.01. The summed E-state index contributed by atoms with van der Waals surface area (Å²) in [5.74, 6) is -1.15. The molecule has 0 aromatic heterocycles. The van der Waals surface area contributed by atoms with Crippen molar-refractivity contribution in [1.29, 1.82) is 0 Å². The standard InChI is InChI=1S/C8H13NO3/c1-5-3-4-8(5,7(11)12)9-6(2)10/h5H,3-4H2,1-2H3,(H,9,10)(H,11,12)/t5-,8+/m0/s1. The van der Waals surface area contributed by atoms with Crippen LogP contribution in [0.3, 0.4) is 0 Å². The summed E-state index contributed by atoms with van der Waals surface area (Å²) in [7, 11) is 0. The van der Waals surface area contributed by atoms with E-state index in [1.54, 1.807) is 0 Å². The molecule has 4 nitrogen and oxygen atoms in total. The van der Waals surface area contributed by atoms with E-state index in [-0.39, 0.29) is 11.8 Å². The number of nitrogens with one attached hydrogen (secondary N) is 1. The molecule has 1 saturated carbocycles. The predicted molar refractivity (Wildman–Crippen MR) is 42.6 cm³/mol. The molecule has 2 N–H and O–H groups in total. The van der Waals surface area contributed by atoms with E-state index < -0.39 is 11.5 Å². The smallest absolute Gasteiger partial charge is 0.329 e. The van der Waals surface area contributed by atoms with E-state index in [0.717, 1.165) is 6.42 Å². The molecule has 12 heavy (non-hydrogen) atoms. The number of carboxylic acids is 1. The number of aliphatic carboxylic acids is 1. The fraction of sp³-hybridized carbons (Fsp3) is 0.750. The summed E-state index contributed by atoms with van der Waals surface area (Å²) in [5, 5.41) is 11.4. The van der Waals surface area contributed by atoms with Gasteiger partial charge in [-0.1, -0.05) is 6.92 Å². The number of carbonyl (C=O) groups is 2. The van der Waals surface area contributed by atoms with Gasteiger partial charge in [-0.3, -0.25) is 4.79 Å². The Bertz CT molecular complexity index is 226. The van der Waals surface area contributed by atoms with Crippen molar-refractivity contribution in [3.63, 3.8) is 0 Å². The van der Waals surface area contributed by atoms with Crippen LogP contribution in [-0.4, -0.2) is 22.5 Å². The lowest BCUT2D eigenvalue weighted by Crippen LogP contribution is -2.63. The molecule has 0 heterocycles. The highest BCUT2D eigenvalue weighted by molar-refractivity contribution is 5.87. The van der Waals surface area contributed by atoms with Gasteiger partial charge in [-0.15, -0.1) is 0 Å². The third-order valence-electron chi connectivity index (χ3n) is 2.59. The van der Waals surface area contributed by atoms with Gasteiger partial charge in [0.05, 0.1) is 0 Å². The normalized spacial score (nSPS) is 33.7. The van der Waals surface area contributed by atoms with E-state index >= 15 is 0 Å². The highest BCUT2D eigenvalue weighted by Crippen LogP contribution is 2.38. The number of carbonyl (C=O) groups excluding carboxylic acids is 1. The van der Waals surface area contributed by atoms with Crippen molar-refractivity contribution in [1.82, 2.24) is 5.32 Å². The second kappa shape index (κ2) is 2.77. The van der Waals surface area contributed by atoms with Crippen molar-refractivity contribution >= 4 is 11.9 Å². The number of hydrogen-bond donors (Lipinski definition) is 2. The van der Waals surface area contributed by atoms with E-state index in [1.807, 2.05) is 6.92 Å². The monoisotopic (exact) mass is 171 g/mol. The Morgan fingerprint density at radius 3 is 2.25 bits per heavy atom. The van der Waals surface area contributed by atoms with Crippen LogP contribution in [0.15, 0.2) is 0 Å². The maximum absolute atomic E-state index is 10.8. The van der Waals surface area contributed by atoms with Crippen molar-refractivity contribution in [2.24, 2.45) is 5.92 Å². The lowest BCUT2D eigenvalue weighted by atomic mass is 9.67. The summed E-state index contributed by atoms with van der Waals surface area (Å²) in [6.45, 7) is 3.18. The predicted octanol–water partition coefficient (Wildman–Crippen LogP) is 0.376. The Labute approximate surface area is 71.0 Å². The fourth-order valence-electron chi connectivity index (χ4n) is 1.59. The van der Waals surface area contributed by atoms with Gasteiger partial charge in [0, 0.05) is 6.92 Å². The second-order valence-electron chi connectivity index (χ2n) is 3.40. The maximum Gasteiger partial charge on any atom is 0.329 e. The molecule has 2 atom stereocenters. The van der Waals surface area contributed by atoms with E-state index in [9.17, 15) is 9.59 Å². The van der Waals surface area contributed by atoms with Crippen molar-refractivity contribution in [2.45, 2.75) is 32.2 Å². The zero-order valence-electron chi connectivity index (χ0n) is 7.26. The average Bonchev–Trinajstić information content (AvgIpc) is 1.96. The molecule has 0 unspecified atom stereocenters. The molecular formula is C8H13NO3. The molecule has 68 valence electrons. The molecule has 0 aromatic carbocycles. The second-order valence-corrected chi connectivity index (χ2v) is 3.40. The third-order valence-corrected chi connectivity index (χ3v) is 2.59. The van der Waals surface area contributed by atoms with Crippen LogP contribution < -0.4 is 5.32 Å². The summed E-state index contributed by atoms with van der Waals surface area (Å²) in [6.07, 6.45) is 1.41. The maximum atomic E-state index is 10.8. The van der Waals surface area contributed by atoms with E-state index in [0.29, 0.717) is 6.42 Å². The van der Waals surface area contributed by atoms with Crippen LogP contribution in [0, 0.1) is 5.92 Å². The molecule has 1 rings (SSSR count). The first-order chi connectivity index (χ1) is 5.49. The molecule has 0 aliphatic heterocycles. The van der Waals surface area contributed by atoms with Crippen molar-refractivity contribution in [2.75, 3.05) is 0 Å². The molecule has 1 aliphatic rings. The number of amides is 1. The first-order valence-corrected chi connectivity index (χ1v) is 4.01. The zero-order valence-corrected chi connectivity index (χ0v) is 7.26. The number of rotatable bonds is 2. The van der Waals surface area contributed by atoms with E-state index in [2.05, 4.69) is 5.32 Å². The van der Waals surface area contributed by atoms with Gasteiger partial charge in [0.25, 0.3) is 0 Å². The fourth-order valence-corrected chi connectivity index (χ4v) is 1.59. The van der Waals surface area contributed by atoms with E-state index in [4.69, 9.17) is 5.11 Å². The lowest BCUT2D eigenvalue weighted by Gasteiger charge is -2.44. The van der Waals surface area contributed by atoms with Gasteiger partial charge in [0.1, 0.15) is 5.54 Å².